The molecule has 1 amide bonds. The van der Waals surface area contributed by atoms with Crippen LogP contribution in [0.25, 0.3) is 0 Å². The maximum atomic E-state index is 11.5. The Labute approximate surface area is 104 Å². The van der Waals surface area contributed by atoms with Gasteiger partial charge in [-0.3, -0.25) is 4.79 Å². The van der Waals surface area contributed by atoms with Crippen LogP contribution in [0.1, 0.15) is 46.5 Å². The van der Waals surface area contributed by atoms with Crippen molar-refractivity contribution < 1.29 is 9.53 Å². The van der Waals surface area contributed by atoms with Crippen LogP contribution in [0, 0.1) is 5.92 Å². The first-order valence-corrected chi connectivity index (χ1v) is 6.59. The first-order chi connectivity index (χ1) is 7.94. The summed E-state index contributed by atoms with van der Waals surface area (Å²) in [6.45, 7) is 7.51. The van der Waals surface area contributed by atoms with Crippen molar-refractivity contribution >= 4 is 5.91 Å². The van der Waals surface area contributed by atoms with E-state index in [-0.39, 0.29) is 11.9 Å². The molecular formula is C13H26N2O2. The first kappa shape index (κ1) is 14.5. The summed E-state index contributed by atoms with van der Waals surface area (Å²) in [6, 6.07) is 0.250. The van der Waals surface area contributed by atoms with Crippen LogP contribution in [0.3, 0.4) is 0 Å². The largest absolute Gasteiger partial charge is 0.381 e. The molecule has 1 fully saturated rings. The predicted molar refractivity (Wildman–Crippen MR) is 68.6 cm³/mol. The molecule has 3 N–H and O–H groups in total. The van der Waals surface area contributed by atoms with E-state index in [9.17, 15) is 4.79 Å². The number of hydrogen-bond donors (Lipinski definition) is 2. The molecule has 0 aromatic carbocycles. The molecule has 4 nitrogen and oxygen atoms in total. The molecule has 0 aromatic heterocycles. The number of nitrogens with one attached hydrogen (secondary N) is 1. The van der Waals surface area contributed by atoms with E-state index in [1.54, 1.807) is 0 Å². The van der Waals surface area contributed by atoms with E-state index < -0.39 is 5.54 Å². The van der Waals surface area contributed by atoms with Gasteiger partial charge in [0.2, 0.25) is 5.91 Å². The SMILES string of the molecule is CC(C)NC(C)(CCCOCC1CC1)C(N)=O. The number of ether oxygens (including phenoxy) is 1. The van der Waals surface area contributed by atoms with Crippen LogP contribution in [0.4, 0.5) is 0 Å². The third-order valence-electron chi connectivity index (χ3n) is 3.17. The zero-order valence-corrected chi connectivity index (χ0v) is 11.3. The van der Waals surface area contributed by atoms with Crippen LogP contribution in [0.5, 0.6) is 0 Å². The summed E-state index contributed by atoms with van der Waals surface area (Å²) < 4.78 is 5.56. The normalized spacial score (nSPS) is 19.3. The van der Waals surface area contributed by atoms with Gasteiger partial charge in [-0.05, 0) is 52.4 Å². The van der Waals surface area contributed by atoms with Crippen LogP contribution < -0.4 is 11.1 Å². The Bertz CT molecular complexity index is 252. The summed E-state index contributed by atoms with van der Waals surface area (Å²) in [6.07, 6.45) is 4.22. The fourth-order valence-corrected chi connectivity index (χ4v) is 1.97. The Kier molecular flexibility index (Phi) is 5.40. The minimum Gasteiger partial charge on any atom is -0.381 e. The fraction of sp³-hybridized carbons (Fsp3) is 0.923. The molecule has 0 saturated heterocycles. The molecule has 17 heavy (non-hydrogen) atoms. The van der Waals surface area contributed by atoms with E-state index in [1.165, 1.54) is 12.8 Å². The van der Waals surface area contributed by atoms with Crippen molar-refractivity contribution in [1.82, 2.24) is 5.32 Å². The highest BCUT2D eigenvalue weighted by Crippen LogP contribution is 2.28. The smallest absolute Gasteiger partial charge is 0.237 e. The van der Waals surface area contributed by atoms with Gasteiger partial charge < -0.3 is 15.8 Å². The topological polar surface area (TPSA) is 64.3 Å². The second kappa shape index (κ2) is 6.36. The number of hydrogen-bond acceptors (Lipinski definition) is 3. The lowest BCUT2D eigenvalue weighted by atomic mass is 9.94. The third kappa shape index (κ3) is 5.50. The van der Waals surface area contributed by atoms with Crippen molar-refractivity contribution in [2.45, 2.75) is 58.0 Å². The molecule has 0 spiro atoms. The van der Waals surface area contributed by atoms with Gasteiger partial charge in [0.15, 0.2) is 0 Å². The van der Waals surface area contributed by atoms with Gasteiger partial charge in [-0.2, -0.15) is 0 Å². The molecule has 1 unspecified atom stereocenters. The molecule has 0 bridgehead atoms. The summed E-state index contributed by atoms with van der Waals surface area (Å²) in [7, 11) is 0. The van der Waals surface area contributed by atoms with E-state index in [0.29, 0.717) is 0 Å². The number of primary amides is 1. The molecule has 100 valence electrons. The number of carbonyl (C=O) groups excluding carboxylic acids is 1. The highest BCUT2D eigenvalue weighted by Gasteiger charge is 2.30. The van der Waals surface area contributed by atoms with Crippen LogP contribution in [0.2, 0.25) is 0 Å². The Hall–Kier alpha value is -0.610. The van der Waals surface area contributed by atoms with E-state index >= 15 is 0 Å². The van der Waals surface area contributed by atoms with Gasteiger partial charge in [-0.15, -0.1) is 0 Å². The van der Waals surface area contributed by atoms with Gasteiger partial charge in [-0.25, -0.2) is 0 Å². The minimum absolute atomic E-state index is 0.250. The van der Waals surface area contributed by atoms with Crippen molar-refractivity contribution in [3.8, 4) is 0 Å². The quantitative estimate of drug-likeness (QED) is 0.601. The Morgan fingerprint density at radius 2 is 2.18 bits per heavy atom. The Morgan fingerprint density at radius 1 is 1.53 bits per heavy atom. The zero-order valence-electron chi connectivity index (χ0n) is 11.3. The van der Waals surface area contributed by atoms with Crippen molar-refractivity contribution in [3.63, 3.8) is 0 Å². The molecule has 1 aliphatic rings. The zero-order chi connectivity index (χ0) is 12.9. The molecule has 0 aromatic rings. The summed E-state index contributed by atoms with van der Waals surface area (Å²) >= 11 is 0. The van der Waals surface area contributed by atoms with Gasteiger partial charge in [0.25, 0.3) is 0 Å². The lowest BCUT2D eigenvalue weighted by Gasteiger charge is -2.29. The lowest BCUT2D eigenvalue weighted by Crippen LogP contribution is -2.55. The van der Waals surface area contributed by atoms with Crippen LogP contribution in [-0.4, -0.2) is 30.7 Å². The molecule has 1 aliphatic carbocycles. The van der Waals surface area contributed by atoms with Gasteiger partial charge in [-0.1, -0.05) is 0 Å². The first-order valence-electron chi connectivity index (χ1n) is 6.59. The molecule has 0 heterocycles. The second-order valence-electron chi connectivity index (χ2n) is 5.62. The van der Waals surface area contributed by atoms with Crippen molar-refractivity contribution in [2.24, 2.45) is 11.7 Å². The average molecular weight is 242 g/mol. The molecule has 4 heteroatoms. The van der Waals surface area contributed by atoms with Crippen molar-refractivity contribution in [1.29, 1.82) is 0 Å². The molecule has 0 aliphatic heterocycles. The number of rotatable bonds is 9. The predicted octanol–water partition coefficient (Wildman–Crippen LogP) is 1.44. The summed E-state index contributed by atoms with van der Waals surface area (Å²) in [5.74, 6) is 0.514. The highest BCUT2D eigenvalue weighted by molar-refractivity contribution is 5.84. The van der Waals surface area contributed by atoms with E-state index in [0.717, 1.165) is 32.0 Å². The summed E-state index contributed by atoms with van der Waals surface area (Å²) in [5, 5.41) is 3.24. The Balaban J connectivity index is 2.20. The van der Waals surface area contributed by atoms with Gasteiger partial charge in [0, 0.05) is 19.3 Å². The maximum absolute atomic E-state index is 11.5. The third-order valence-corrected chi connectivity index (χ3v) is 3.17. The van der Waals surface area contributed by atoms with E-state index in [1.807, 2.05) is 20.8 Å². The van der Waals surface area contributed by atoms with E-state index in [4.69, 9.17) is 10.5 Å². The van der Waals surface area contributed by atoms with E-state index in [2.05, 4.69) is 5.32 Å². The highest BCUT2D eigenvalue weighted by atomic mass is 16.5. The van der Waals surface area contributed by atoms with Crippen molar-refractivity contribution in [2.75, 3.05) is 13.2 Å². The molecule has 1 atom stereocenters. The minimum atomic E-state index is -0.614. The van der Waals surface area contributed by atoms with Crippen molar-refractivity contribution in [3.05, 3.63) is 0 Å². The van der Waals surface area contributed by atoms with Gasteiger partial charge in [0.05, 0.1) is 5.54 Å². The fourth-order valence-electron chi connectivity index (χ4n) is 1.97. The van der Waals surface area contributed by atoms with Gasteiger partial charge in [0.1, 0.15) is 0 Å². The monoisotopic (exact) mass is 242 g/mol. The molecule has 1 saturated carbocycles. The van der Waals surface area contributed by atoms with Crippen LogP contribution >= 0.6 is 0 Å². The Morgan fingerprint density at radius 3 is 2.65 bits per heavy atom. The van der Waals surface area contributed by atoms with Crippen LogP contribution in [-0.2, 0) is 9.53 Å². The maximum Gasteiger partial charge on any atom is 0.237 e. The molecule has 1 rings (SSSR count). The summed E-state index contributed by atoms with van der Waals surface area (Å²) in [4.78, 5) is 11.5. The second-order valence-corrected chi connectivity index (χ2v) is 5.62. The number of carbonyl (C=O) groups is 1. The number of amides is 1. The molecular weight excluding hydrogens is 216 g/mol. The summed E-state index contributed by atoms with van der Waals surface area (Å²) in [5.41, 5.74) is 4.84. The lowest BCUT2D eigenvalue weighted by molar-refractivity contribution is -0.124. The van der Waals surface area contributed by atoms with Crippen LogP contribution in [0.15, 0.2) is 0 Å². The van der Waals surface area contributed by atoms with Gasteiger partial charge >= 0.3 is 0 Å². The average Bonchev–Trinajstić information content (AvgIpc) is 2.99. The standard InChI is InChI=1S/C13H26N2O2/c1-10(2)15-13(3,12(14)16)7-4-8-17-9-11-5-6-11/h10-11,15H,4-9H2,1-3H3,(H2,14,16). The molecule has 0 radical (unpaired) electrons. The number of nitrogens with two attached hydrogens (primary N) is 1.